The molecule has 4 heterocycles. The minimum atomic E-state index is -0.465. The fraction of sp³-hybridized carbons (Fsp3) is 0.163. The molecule has 0 aliphatic carbocycles. The normalized spacial score (nSPS) is 15.3. The molecule has 2 atom stereocenters. The number of nitrogens with two attached hydrogens (primary N) is 3. The highest BCUT2D eigenvalue weighted by molar-refractivity contribution is 9.11. The number of anilines is 2. The SMILES string of the molecule is CNc1ccc2ccc3c(c2n1)OC(N)=C(C#N)C3c1cc(Br)c(OC)c(OC)c1.COc1cc(C2C(C#N)=C(N)Oc3c2ccc2ccc(N)nc32)cc(Br)c1OC. The van der Waals surface area contributed by atoms with Crippen LogP contribution in [0.4, 0.5) is 11.6 Å². The van der Waals surface area contributed by atoms with Gasteiger partial charge in [-0.1, -0.05) is 24.3 Å². The number of aromatic nitrogens is 2. The number of nitrogens with one attached hydrogen (secondary N) is 1. The molecule has 0 radical (unpaired) electrons. The first-order chi connectivity index (χ1) is 28.5. The van der Waals surface area contributed by atoms with Crippen LogP contribution in [-0.4, -0.2) is 45.5 Å². The Morgan fingerprint density at radius 1 is 0.627 bits per heavy atom. The van der Waals surface area contributed by atoms with Crippen molar-refractivity contribution < 1.29 is 28.4 Å². The summed E-state index contributed by atoms with van der Waals surface area (Å²) in [6.07, 6.45) is 0. The van der Waals surface area contributed by atoms with Crippen LogP contribution in [0.5, 0.6) is 34.5 Å². The van der Waals surface area contributed by atoms with E-state index in [2.05, 4.69) is 59.3 Å². The lowest BCUT2D eigenvalue weighted by Crippen LogP contribution is -2.21. The highest BCUT2D eigenvalue weighted by atomic mass is 79.9. The summed E-state index contributed by atoms with van der Waals surface area (Å²) in [6, 6.07) is 27.0. The topological polar surface area (TPSA) is 219 Å². The van der Waals surface area contributed by atoms with Crippen LogP contribution >= 0.6 is 31.9 Å². The number of benzene rings is 4. The van der Waals surface area contributed by atoms with E-state index >= 15 is 0 Å². The Labute approximate surface area is 356 Å². The number of ether oxygens (including phenoxy) is 6. The fourth-order valence-corrected chi connectivity index (χ4v) is 8.49. The third-order valence-corrected chi connectivity index (χ3v) is 11.1. The van der Waals surface area contributed by atoms with Gasteiger partial charge in [0, 0.05) is 28.9 Å². The smallest absolute Gasteiger partial charge is 0.205 e. The highest BCUT2D eigenvalue weighted by Crippen LogP contribution is 2.50. The van der Waals surface area contributed by atoms with E-state index in [1.807, 2.05) is 66.7 Å². The molecule has 2 aliphatic heterocycles. The van der Waals surface area contributed by atoms with Crippen molar-refractivity contribution in [1.82, 2.24) is 9.97 Å². The quantitative estimate of drug-likeness (QED) is 0.119. The molecule has 6 aromatic rings. The van der Waals surface area contributed by atoms with Gasteiger partial charge >= 0.3 is 0 Å². The number of rotatable bonds is 7. The van der Waals surface area contributed by atoms with Crippen LogP contribution in [0.1, 0.15) is 34.1 Å². The first-order valence-electron chi connectivity index (χ1n) is 17.8. The van der Waals surface area contributed by atoms with Crippen LogP contribution in [-0.2, 0) is 0 Å². The third kappa shape index (κ3) is 7.17. The zero-order valence-corrected chi connectivity index (χ0v) is 35.5. The molecule has 0 saturated carbocycles. The van der Waals surface area contributed by atoms with Crippen molar-refractivity contribution in [3.63, 3.8) is 0 Å². The van der Waals surface area contributed by atoms with E-state index < -0.39 is 11.8 Å². The number of hydrogen-bond acceptors (Lipinski definition) is 14. The van der Waals surface area contributed by atoms with Gasteiger partial charge in [-0.05, 0) is 91.5 Å². The first kappa shape index (κ1) is 40.3. The average molecular weight is 921 g/mol. The van der Waals surface area contributed by atoms with Crippen LogP contribution in [0, 0.1) is 22.7 Å². The van der Waals surface area contributed by atoms with E-state index in [4.69, 9.17) is 45.6 Å². The fourth-order valence-electron chi connectivity index (χ4n) is 7.25. The molecule has 7 N–H and O–H groups in total. The van der Waals surface area contributed by atoms with Crippen molar-refractivity contribution in [2.24, 2.45) is 11.5 Å². The second-order valence-electron chi connectivity index (χ2n) is 13.1. The van der Waals surface area contributed by atoms with E-state index in [1.54, 1.807) is 41.6 Å². The second kappa shape index (κ2) is 16.5. The van der Waals surface area contributed by atoms with Gasteiger partial charge < -0.3 is 50.9 Å². The number of hydrogen-bond donors (Lipinski definition) is 4. The second-order valence-corrected chi connectivity index (χ2v) is 14.8. The largest absolute Gasteiger partial charge is 0.493 e. The molecule has 0 amide bonds. The lowest BCUT2D eigenvalue weighted by molar-refractivity contribution is 0.352. The molecule has 2 aromatic heterocycles. The summed E-state index contributed by atoms with van der Waals surface area (Å²) in [6.45, 7) is 0. The zero-order valence-electron chi connectivity index (χ0n) is 32.3. The van der Waals surface area contributed by atoms with Gasteiger partial charge in [0.1, 0.15) is 46.0 Å². The summed E-state index contributed by atoms with van der Waals surface area (Å²) in [7, 11) is 8.06. The van der Waals surface area contributed by atoms with E-state index in [9.17, 15) is 10.5 Å². The molecular weight excluding hydrogens is 884 g/mol. The molecule has 4 aromatic carbocycles. The van der Waals surface area contributed by atoms with Gasteiger partial charge in [-0.2, -0.15) is 10.5 Å². The van der Waals surface area contributed by atoms with Crippen LogP contribution in [0.15, 0.2) is 105 Å². The van der Waals surface area contributed by atoms with Crippen LogP contribution < -0.4 is 50.9 Å². The van der Waals surface area contributed by atoms with Gasteiger partial charge in [0.2, 0.25) is 11.8 Å². The molecule has 0 saturated heterocycles. The van der Waals surface area contributed by atoms with Gasteiger partial charge in [-0.25, -0.2) is 9.97 Å². The number of nitrogens with zero attached hydrogens (tertiary/aromatic N) is 4. The number of nitrogen functional groups attached to an aromatic ring is 1. The van der Waals surface area contributed by atoms with E-state index in [1.165, 1.54) is 0 Å². The van der Waals surface area contributed by atoms with E-state index in [-0.39, 0.29) is 11.8 Å². The Bertz CT molecular complexity index is 2830. The van der Waals surface area contributed by atoms with Crippen LogP contribution in [0.3, 0.4) is 0 Å². The van der Waals surface area contributed by atoms with Gasteiger partial charge in [-0.3, -0.25) is 0 Å². The van der Waals surface area contributed by atoms with Crippen LogP contribution in [0.25, 0.3) is 21.8 Å². The molecule has 14 nitrogen and oxygen atoms in total. The molecule has 2 aliphatic rings. The third-order valence-electron chi connectivity index (χ3n) is 9.94. The summed E-state index contributed by atoms with van der Waals surface area (Å²) in [5.74, 6) is 3.50. The summed E-state index contributed by atoms with van der Waals surface area (Å²) >= 11 is 7.05. The van der Waals surface area contributed by atoms with E-state index in [0.29, 0.717) is 77.3 Å². The summed E-state index contributed by atoms with van der Waals surface area (Å²) < 4.78 is 34.9. The van der Waals surface area contributed by atoms with Crippen molar-refractivity contribution in [1.29, 1.82) is 10.5 Å². The molecule has 0 fully saturated rings. The molecule has 8 rings (SSSR count). The van der Waals surface area contributed by atoms with Crippen molar-refractivity contribution in [2.45, 2.75) is 11.8 Å². The van der Waals surface area contributed by atoms with Crippen LogP contribution in [0.2, 0.25) is 0 Å². The van der Waals surface area contributed by atoms with Crippen molar-refractivity contribution >= 4 is 65.3 Å². The number of halogens is 2. The molecule has 0 bridgehead atoms. The minimum absolute atomic E-state index is 0.0348. The van der Waals surface area contributed by atoms with Gasteiger partial charge in [0.15, 0.2) is 34.5 Å². The lowest BCUT2D eigenvalue weighted by Gasteiger charge is -2.28. The van der Waals surface area contributed by atoms with Gasteiger partial charge in [0.25, 0.3) is 0 Å². The van der Waals surface area contributed by atoms with Gasteiger partial charge in [0.05, 0.1) is 49.2 Å². The minimum Gasteiger partial charge on any atom is -0.493 e. The molecule has 16 heteroatoms. The summed E-state index contributed by atoms with van der Waals surface area (Å²) in [4.78, 5) is 9.07. The Kier molecular flexibility index (Phi) is 11.3. The molecule has 59 heavy (non-hydrogen) atoms. The molecule has 0 spiro atoms. The van der Waals surface area contributed by atoms with E-state index in [0.717, 1.165) is 33.0 Å². The Morgan fingerprint density at radius 3 is 1.49 bits per heavy atom. The monoisotopic (exact) mass is 918 g/mol. The Morgan fingerprint density at radius 2 is 1.07 bits per heavy atom. The lowest BCUT2D eigenvalue weighted by atomic mass is 9.83. The number of nitriles is 2. The maximum atomic E-state index is 9.85. The Hall–Kier alpha value is -6.88. The average Bonchev–Trinajstić information content (AvgIpc) is 3.24. The maximum Gasteiger partial charge on any atom is 0.205 e. The molecule has 298 valence electrons. The first-order valence-corrected chi connectivity index (χ1v) is 19.4. The van der Waals surface area contributed by atoms with Crippen molar-refractivity contribution in [3.8, 4) is 46.6 Å². The number of pyridine rings is 2. The molecular formula is C43H36Br2N8O6. The molecule has 2 unspecified atom stereocenters. The maximum absolute atomic E-state index is 9.85. The number of allylic oxidation sites excluding steroid dienone is 2. The number of fused-ring (bicyclic) bond motifs is 6. The van der Waals surface area contributed by atoms with Crippen molar-refractivity contribution in [2.75, 3.05) is 46.5 Å². The predicted molar refractivity (Wildman–Crippen MR) is 231 cm³/mol. The zero-order chi connectivity index (χ0) is 42.1. The number of methoxy groups -OCH3 is 4. The van der Waals surface area contributed by atoms with Gasteiger partial charge in [-0.15, -0.1) is 0 Å². The van der Waals surface area contributed by atoms with Crippen molar-refractivity contribution in [3.05, 3.63) is 127 Å². The summed E-state index contributed by atoms with van der Waals surface area (Å²) in [5.41, 5.74) is 23.3. The Balaban J connectivity index is 0.000000179. The highest BCUT2D eigenvalue weighted by Gasteiger charge is 2.35. The standard InChI is InChI=1S/C22H19BrN4O3.C21H17BrN4O3/c1-26-17-7-5-11-4-6-13-18(12-8-15(23)21(29-3)16(9-12)28-2)14(10-24)22(25)30-20(13)19(11)27-17;1-27-15-8-11(7-14(22)20(15)28-2)17-12-5-3-10-4-6-16(24)26-18(10)19(12)29-21(25)13(17)9-23/h4-9,18H,25H2,1-3H3,(H,26,27);3-8,17H,25H2,1-2H3,(H2,24,26). The summed E-state index contributed by atoms with van der Waals surface area (Å²) in [5, 5.41) is 24.5. The predicted octanol–water partition coefficient (Wildman–Crippen LogP) is 8.09.